The fourth-order valence-corrected chi connectivity index (χ4v) is 1.47. The van der Waals surface area contributed by atoms with Crippen LogP contribution in [0.1, 0.15) is 20.3 Å². The van der Waals surface area contributed by atoms with Crippen LogP contribution in [-0.2, 0) is 4.79 Å². The fourth-order valence-electron chi connectivity index (χ4n) is 1.24. The Kier molecular flexibility index (Phi) is 4.01. The van der Waals surface area contributed by atoms with Gasteiger partial charge in [-0.1, -0.05) is 37.3 Å². The van der Waals surface area contributed by atoms with Crippen LogP contribution in [0, 0.1) is 5.41 Å². The third kappa shape index (κ3) is 2.58. The van der Waals surface area contributed by atoms with E-state index in [0.717, 1.165) is 5.69 Å². The summed E-state index contributed by atoms with van der Waals surface area (Å²) in [7, 11) is 0. The summed E-state index contributed by atoms with van der Waals surface area (Å²) in [4.78, 5) is 12.3. The number of carbonyl (C=O) groups excluding carboxylic acids is 1. The first kappa shape index (κ1) is 12.6. The van der Waals surface area contributed by atoms with Crippen LogP contribution >= 0.6 is 12.2 Å². The number of hydrogen-bond acceptors (Lipinski definition) is 2. The number of rotatable bonds is 4. The Labute approximate surface area is 101 Å². The van der Waals surface area contributed by atoms with Crippen LogP contribution in [0.15, 0.2) is 30.3 Å². The van der Waals surface area contributed by atoms with Crippen LogP contribution < -0.4 is 11.1 Å². The lowest BCUT2D eigenvalue weighted by atomic mass is 9.86. The first-order valence-electron chi connectivity index (χ1n) is 5.17. The van der Waals surface area contributed by atoms with Gasteiger partial charge in [0.25, 0.3) is 0 Å². The molecular formula is C12H16N2OS. The summed E-state index contributed by atoms with van der Waals surface area (Å²) in [5, 5.41) is 2.81. The molecule has 0 aliphatic heterocycles. The highest BCUT2D eigenvalue weighted by molar-refractivity contribution is 7.80. The van der Waals surface area contributed by atoms with E-state index in [0.29, 0.717) is 6.42 Å². The monoisotopic (exact) mass is 236 g/mol. The van der Waals surface area contributed by atoms with Gasteiger partial charge in [-0.15, -0.1) is 0 Å². The molecule has 0 aromatic heterocycles. The van der Waals surface area contributed by atoms with Crippen molar-refractivity contribution < 1.29 is 4.79 Å². The minimum absolute atomic E-state index is 0.159. The standard InChI is InChI=1S/C12H16N2OS/c1-3-12(2,10(13)16)11(15)14-9-7-5-4-6-8-9/h4-8H,3H2,1-2H3,(H2,13,16)(H,14,15). The second-order valence-electron chi connectivity index (χ2n) is 3.87. The van der Waals surface area contributed by atoms with Crippen molar-refractivity contribution in [3.05, 3.63) is 30.3 Å². The highest BCUT2D eigenvalue weighted by Gasteiger charge is 2.34. The van der Waals surface area contributed by atoms with Gasteiger partial charge in [0.05, 0.1) is 10.4 Å². The van der Waals surface area contributed by atoms with E-state index < -0.39 is 5.41 Å². The van der Waals surface area contributed by atoms with Gasteiger partial charge < -0.3 is 11.1 Å². The van der Waals surface area contributed by atoms with Gasteiger partial charge in [-0.3, -0.25) is 4.79 Å². The van der Waals surface area contributed by atoms with Crippen LogP contribution in [0.25, 0.3) is 0 Å². The molecule has 1 aromatic carbocycles. The molecule has 4 heteroatoms. The molecule has 1 aromatic rings. The van der Waals surface area contributed by atoms with E-state index in [2.05, 4.69) is 5.32 Å². The van der Waals surface area contributed by atoms with Crippen molar-refractivity contribution in [2.24, 2.45) is 11.1 Å². The van der Waals surface area contributed by atoms with Crippen molar-refractivity contribution in [3.63, 3.8) is 0 Å². The second-order valence-corrected chi connectivity index (χ2v) is 4.31. The number of carbonyl (C=O) groups is 1. The van der Waals surface area contributed by atoms with E-state index in [1.54, 1.807) is 6.92 Å². The Bertz CT molecular complexity index is 391. The molecule has 16 heavy (non-hydrogen) atoms. The zero-order valence-corrected chi connectivity index (χ0v) is 10.3. The molecule has 0 saturated carbocycles. The molecule has 86 valence electrons. The van der Waals surface area contributed by atoms with Gasteiger partial charge in [0.1, 0.15) is 0 Å². The number of amides is 1. The van der Waals surface area contributed by atoms with Crippen molar-refractivity contribution in [3.8, 4) is 0 Å². The first-order valence-corrected chi connectivity index (χ1v) is 5.58. The van der Waals surface area contributed by atoms with Gasteiger partial charge in [0.15, 0.2) is 0 Å². The Morgan fingerprint density at radius 1 is 1.44 bits per heavy atom. The molecule has 1 rings (SSSR count). The summed E-state index contributed by atoms with van der Waals surface area (Å²) in [6.45, 7) is 3.65. The Morgan fingerprint density at radius 2 is 2.00 bits per heavy atom. The van der Waals surface area contributed by atoms with E-state index in [4.69, 9.17) is 18.0 Å². The van der Waals surface area contributed by atoms with Crippen molar-refractivity contribution in [2.45, 2.75) is 20.3 Å². The van der Waals surface area contributed by atoms with Gasteiger partial charge >= 0.3 is 0 Å². The topological polar surface area (TPSA) is 55.1 Å². The van der Waals surface area contributed by atoms with Crippen LogP contribution in [0.2, 0.25) is 0 Å². The fraction of sp³-hybridized carbons (Fsp3) is 0.333. The van der Waals surface area contributed by atoms with Gasteiger partial charge in [0, 0.05) is 5.69 Å². The molecule has 0 bridgehead atoms. The van der Waals surface area contributed by atoms with Crippen molar-refractivity contribution in [2.75, 3.05) is 5.32 Å². The molecule has 0 spiro atoms. The lowest BCUT2D eigenvalue weighted by Crippen LogP contribution is -2.43. The zero-order chi connectivity index (χ0) is 12.2. The summed E-state index contributed by atoms with van der Waals surface area (Å²) < 4.78 is 0. The van der Waals surface area contributed by atoms with Gasteiger partial charge in [-0.05, 0) is 25.5 Å². The summed E-state index contributed by atoms with van der Waals surface area (Å²) >= 11 is 4.94. The highest BCUT2D eigenvalue weighted by atomic mass is 32.1. The molecular weight excluding hydrogens is 220 g/mol. The molecule has 1 unspecified atom stereocenters. The van der Waals surface area contributed by atoms with E-state index in [-0.39, 0.29) is 10.9 Å². The normalized spacial score (nSPS) is 13.9. The number of anilines is 1. The zero-order valence-electron chi connectivity index (χ0n) is 9.49. The molecule has 0 fully saturated rings. The minimum atomic E-state index is -0.787. The van der Waals surface area contributed by atoms with E-state index in [1.165, 1.54) is 0 Å². The molecule has 0 saturated heterocycles. The third-order valence-electron chi connectivity index (χ3n) is 2.78. The number of para-hydroxylation sites is 1. The molecule has 3 nitrogen and oxygen atoms in total. The van der Waals surface area contributed by atoms with Crippen molar-refractivity contribution in [1.82, 2.24) is 0 Å². The Hall–Kier alpha value is -1.42. The predicted octanol–water partition coefficient (Wildman–Crippen LogP) is 2.33. The second kappa shape index (κ2) is 5.07. The average molecular weight is 236 g/mol. The summed E-state index contributed by atoms with van der Waals surface area (Å²) in [6, 6.07) is 9.27. The molecule has 0 aliphatic rings. The molecule has 0 heterocycles. The Morgan fingerprint density at radius 3 is 2.44 bits per heavy atom. The van der Waals surface area contributed by atoms with E-state index in [1.807, 2.05) is 37.3 Å². The quantitative estimate of drug-likeness (QED) is 0.789. The smallest absolute Gasteiger partial charge is 0.237 e. The minimum Gasteiger partial charge on any atom is -0.392 e. The SMILES string of the molecule is CCC(C)(C(=O)Nc1ccccc1)C(N)=S. The lowest BCUT2D eigenvalue weighted by Gasteiger charge is -2.25. The summed E-state index contributed by atoms with van der Waals surface area (Å²) in [5.41, 5.74) is 5.57. The van der Waals surface area contributed by atoms with Crippen molar-refractivity contribution in [1.29, 1.82) is 0 Å². The highest BCUT2D eigenvalue weighted by Crippen LogP contribution is 2.23. The number of nitrogens with two attached hydrogens (primary N) is 1. The van der Waals surface area contributed by atoms with Crippen LogP contribution in [-0.4, -0.2) is 10.9 Å². The summed E-state index contributed by atoms with van der Waals surface area (Å²) in [5.74, 6) is -0.159. The van der Waals surface area contributed by atoms with Gasteiger partial charge in [-0.2, -0.15) is 0 Å². The maximum Gasteiger partial charge on any atom is 0.237 e. The van der Waals surface area contributed by atoms with E-state index in [9.17, 15) is 4.79 Å². The number of benzene rings is 1. The first-order chi connectivity index (χ1) is 7.50. The number of hydrogen-bond donors (Lipinski definition) is 2. The third-order valence-corrected chi connectivity index (χ3v) is 3.23. The largest absolute Gasteiger partial charge is 0.392 e. The van der Waals surface area contributed by atoms with Crippen LogP contribution in [0.4, 0.5) is 5.69 Å². The molecule has 1 amide bonds. The molecule has 0 aliphatic carbocycles. The van der Waals surface area contributed by atoms with Gasteiger partial charge in [-0.25, -0.2) is 0 Å². The van der Waals surface area contributed by atoms with Gasteiger partial charge in [0.2, 0.25) is 5.91 Å². The molecule has 0 radical (unpaired) electrons. The maximum atomic E-state index is 12.0. The predicted molar refractivity (Wildman–Crippen MR) is 70.3 cm³/mol. The number of thiocarbonyl (C=S) groups is 1. The lowest BCUT2D eigenvalue weighted by molar-refractivity contribution is -0.121. The van der Waals surface area contributed by atoms with E-state index >= 15 is 0 Å². The Balaban J connectivity index is 2.83. The average Bonchev–Trinajstić information content (AvgIpc) is 2.28. The van der Waals surface area contributed by atoms with Crippen molar-refractivity contribution >= 4 is 28.8 Å². The number of nitrogens with one attached hydrogen (secondary N) is 1. The maximum absolute atomic E-state index is 12.0. The molecule has 1 atom stereocenters. The van der Waals surface area contributed by atoms with Crippen LogP contribution in [0.3, 0.4) is 0 Å². The summed E-state index contributed by atoms with van der Waals surface area (Å²) in [6.07, 6.45) is 0.584. The van der Waals surface area contributed by atoms with Crippen LogP contribution in [0.5, 0.6) is 0 Å². The molecule has 3 N–H and O–H groups in total.